The molecular formula is C30H40N2O9. The van der Waals surface area contributed by atoms with Crippen molar-refractivity contribution in [3.05, 3.63) is 53.6 Å². The molecule has 2 heterocycles. The SMILES string of the molecule is COCCCN1CCOc2ccc(CO[C@H]3CN(C(=O)O)C[C@@H](OCC(=O)COC)[C@@H]3c3ccc(OC)cc3)cc21. The van der Waals surface area contributed by atoms with E-state index >= 15 is 0 Å². The molecule has 1 amide bonds. The lowest BCUT2D eigenvalue weighted by atomic mass is 9.84. The Kier molecular flexibility index (Phi) is 11.2. The van der Waals surface area contributed by atoms with Gasteiger partial charge >= 0.3 is 6.09 Å². The number of ether oxygens (including phenoxy) is 6. The zero-order chi connectivity index (χ0) is 29.2. The van der Waals surface area contributed by atoms with Gasteiger partial charge < -0.3 is 43.3 Å². The van der Waals surface area contributed by atoms with Crippen LogP contribution in [0.3, 0.4) is 0 Å². The number of carbonyl (C=O) groups is 2. The Balaban J connectivity index is 1.56. The Labute approximate surface area is 240 Å². The van der Waals surface area contributed by atoms with Crippen molar-refractivity contribution in [2.75, 3.05) is 78.8 Å². The molecule has 0 unspecified atom stereocenters. The third-order valence-electron chi connectivity index (χ3n) is 7.36. The Hall–Kier alpha value is -3.38. The minimum absolute atomic E-state index is 0.0764. The topological polar surface area (TPSA) is 116 Å². The van der Waals surface area contributed by atoms with Crippen LogP contribution in [0.4, 0.5) is 10.5 Å². The predicted octanol–water partition coefficient (Wildman–Crippen LogP) is 3.19. The zero-order valence-corrected chi connectivity index (χ0v) is 24.0. The molecule has 3 atom stereocenters. The second-order valence-corrected chi connectivity index (χ2v) is 10.1. The zero-order valence-electron chi connectivity index (χ0n) is 24.0. The number of rotatable bonds is 14. The van der Waals surface area contributed by atoms with E-state index in [0.717, 1.165) is 42.1 Å². The van der Waals surface area contributed by atoms with Crippen LogP contribution in [-0.2, 0) is 30.3 Å². The number of amides is 1. The molecule has 0 aromatic heterocycles. The monoisotopic (exact) mass is 572 g/mol. The van der Waals surface area contributed by atoms with Crippen molar-refractivity contribution in [3.63, 3.8) is 0 Å². The first kappa shape index (κ1) is 30.6. The maximum Gasteiger partial charge on any atom is 0.407 e. The summed E-state index contributed by atoms with van der Waals surface area (Å²) in [5.74, 6) is 0.987. The molecule has 11 heteroatoms. The van der Waals surface area contributed by atoms with Crippen molar-refractivity contribution >= 4 is 17.6 Å². The standard InChI is InChI=1S/C30H40N2O9/c1-36-13-4-11-31-12-14-39-26-10-5-21(15-25(26)31)18-40-27-16-32(30(34)35)17-28(41-20-23(33)19-37-2)29(27)22-6-8-24(38-3)9-7-22/h5-10,15,27-29H,4,11-14,16-20H2,1-3H3,(H,34,35)/t27-,28+,29+/m0/s1. The van der Waals surface area contributed by atoms with Gasteiger partial charge in [0.25, 0.3) is 0 Å². The second kappa shape index (κ2) is 15.0. The van der Waals surface area contributed by atoms with Gasteiger partial charge in [-0.3, -0.25) is 4.79 Å². The molecule has 0 aliphatic carbocycles. The van der Waals surface area contributed by atoms with E-state index < -0.39 is 18.3 Å². The highest BCUT2D eigenvalue weighted by atomic mass is 16.5. The molecule has 1 fully saturated rings. The fourth-order valence-electron chi connectivity index (χ4n) is 5.35. The average Bonchev–Trinajstić information content (AvgIpc) is 2.99. The van der Waals surface area contributed by atoms with Gasteiger partial charge in [0.1, 0.15) is 31.3 Å². The number of likely N-dealkylation sites (tertiary alicyclic amines) is 1. The smallest absolute Gasteiger partial charge is 0.407 e. The van der Waals surface area contributed by atoms with Gasteiger partial charge in [0.15, 0.2) is 5.78 Å². The third-order valence-corrected chi connectivity index (χ3v) is 7.36. The number of carbonyl (C=O) groups excluding carboxylic acids is 1. The van der Waals surface area contributed by atoms with Crippen LogP contribution in [-0.4, -0.2) is 108 Å². The number of nitrogens with zero attached hydrogens (tertiary/aromatic N) is 2. The first-order chi connectivity index (χ1) is 19.9. The maximum atomic E-state index is 12.2. The molecular weight excluding hydrogens is 532 g/mol. The molecule has 2 aliphatic rings. The summed E-state index contributed by atoms with van der Waals surface area (Å²) in [5, 5.41) is 9.88. The molecule has 0 bridgehead atoms. The van der Waals surface area contributed by atoms with E-state index in [0.29, 0.717) is 19.0 Å². The maximum absolute atomic E-state index is 12.2. The molecule has 0 spiro atoms. The molecule has 2 aromatic rings. The fraction of sp³-hybridized carbons (Fsp3) is 0.533. The normalized spacial score (nSPS) is 20.3. The van der Waals surface area contributed by atoms with Crippen molar-refractivity contribution in [1.29, 1.82) is 0 Å². The molecule has 11 nitrogen and oxygen atoms in total. The molecule has 2 aromatic carbocycles. The van der Waals surface area contributed by atoms with Gasteiger partial charge in [-0.2, -0.15) is 0 Å². The van der Waals surface area contributed by atoms with Crippen molar-refractivity contribution < 1.29 is 43.1 Å². The van der Waals surface area contributed by atoms with Gasteiger partial charge in [-0.1, -0.05) is 18.2 Å². The van der Waals surface area contributed by atoms with E-state index in [1.807, 2.05) is 36.4 Å². The fourth-order valence-corrected chi connectivity index (χ4v) is 5.35. The second-order valence-electron chi connectivity index (χ2n) is 10.1. The van der Waals surface area contributed by atoms with Gasteiger partial charge in [-0.25, -0.2) is 4.79 Å². The number of piperidine rings is 1. The van der Waals surface area contributed by atoms with E-state index in [1.54, 1.807) is 14.2 Å². The van der Waals surface area contributed by atoms with Crippen molar-refractivity contribution in [2.24, 2.45) is 0 Å². The van der Waals surface area contributed by atoms with Crippen LogP contribution in [0.25, 0.3) is 0 Å². The molecule has 1 N–H and O–H groups in total. The lowest BCUT2D eigenvalue weighted by Gasteiger charge is -2.42. The van der Waals surface area contributed by atoms with Crippen LogP contribution in [0.2, 0.25) is 0 Å². The van der Waals surface area contributed by atoms with Crippen molar-refractivity contribution in [1.82, 2.24) is 4.90 Å². The Morgan fingerprint density at radius 1 is 0.976 bits per heavy atom. The Morgan fingerprint density at radius 2 is 1.73 bits per heavy atom. The Bertz CT molecular complexity index is 1140. The molecule has 4 rings (SSSR count). The van der Waals surface area contributed by atoms with E-state index in [-0.39, 0.29) is 44.6 Å². The number of fused-ring (bicyclic) bond motifs is 1. The van der Waals surface area contributed by atoms with Gasteiger partial charge in [0, 0.05) is 33.3 Å². The predicted molar refractivity (Wildman–Crippen MR) is 151 cm³/mol. The Morgan fingerprint density at radius 3 is 2.41 bits per heavy atom. The van der Waals surface area contributed by atoms with Crippen LogP contribution in [0.5, 0.6) is 11.5 Å². The summed E-state index contributed by atoms with van der Waals surface area (Å²) < 4.78 is 33.9. The summed E-state index contributed by atoms with van der Waals surface area (Å²) in [7, 11) is 4.74. The average molecular weight is 573 g/mol. The van der Waals surface area contributed by atoms with Crippen molar-refractivity contribution in [3.8, 4) is 11.5 Å². The lowest BCUT2D eigenvalue weighted by Crippen LogP contribution is -2.54. The molecule has 0 saturated carbocycles. The van der Waals surface area contributed by atoms with E-state index in [2.05, 4.69) is 11.0 Å². The van der Waals surface area contributed by atoms with Gasteiger partial charge in [-0.05, 0) is 41.8 Å². The first-order valence-electron chi connectivity index (χ1n) is 13.8. The number of methoxy groups -OCH3 is 3. The highest BCUT2D eigenvalue weighted by Crippen LogP contribution is 2.36. The number of anilines is 1. The molecule has 1 saturated heterocycles. The molecule has 224 valence electrons. The number of hydrogen-bond acceptors (Lipinski definition) is 9. The number of hydrogen-bond donors (Lipinski definition) is 1. The highest BCUT2D eigenvalue weighted by Gasteiger charge is 2.41. The third kappa shape index (κ3) is 8.10. The molecule has 0 radical (unpaired) electrons. The van der Waals surface area contributed by atoms with Crippen LogP contribution in [0, 0.1) is 0 Å². The van der Waals surface area contributed by atoms with Gasteiger partial charge in [0.05, 0.1) is 51.2 Å². The molecule has 41 heavy (non-hydrogen) atoms. The quantitative estimate of drug-likeness (QED) is 0.338. The van der Waals surface area contributed by atoms with Crippen LogP contribution in [0.1, 0.15) is 23.5 Å². The lowest BCUT2D eigenvalue weighted by molar-refractivity contribution is -0.134. The van der Waals surface area contributed by atoms with Crippen LogP contribution in [0.15, 0.2) is 42.5 Å². The number of ketones is 1. The highest BCUT2D eigenvalue weighted by molar-refractivity contribution is 5.80. The minimum Gasteiger partial charge on any atom is -0.497 e. The van der Waals surface area contributed by atoms with Crippen LogP contribution >= 0.6 is 0 Å². The van der Waals surface area contributed by atoms with Crippen molar-refractivity contribution in [2.45, 2.75) is 31.2 Å². The van der Waals surface area contributed by atoms with E-state index in [9.17, 15) is 14.7 Å². The van der Waals surface area contributed by atoms with E-state index in [4.69, 9.17) is 28.4 Å². The summed E-state index contributed by atoms with van der Waals surface area (Å²) in [5.41, 5.74) is 2.86. The summed E-state index contributed by atoms with van der Waals surface area (Å²) >= 11 is 0. The molecule has 2 aliphatic heterocycles. The summed E-state index contributed by atoms with van der Waals surface area (Å²) in [6.45, 7) is 3.23. The van der Waals surface area contributed by atoms with Gasteiger partial charge in [-0.15, -0.1) is 0 Å². The number of benzene rings is 2. The van der Waals surface area contributed by atoms with Crippen LogP contribution < -0.4 is 14.4 Å². The number of Topliss-reactive ketones (excluding diaryl/α,β-unsaturated/α-hetero) is 1. The van der Waals surface area contributed by atoms with E-state index in [1.165, 1.54) is 12.0 Å². The number of carboxylic acid groups (broad SMARTS) is 1. The largest absolute Gasteiger partial charge is 0.497 e. The summed E-state index contributed by atoms with van der Waals surface area (Å²) in [4.78, 5) is 27.8. The summed E-state index contributed by atoms with van der Waals surface area (Å²) in [6, 6.07) is 13.5. The minimum atomic E-state index is -1.07. The first-order valence-corrected chi connectivity index (χ1v) is 13.8. The van der Waals surface area contributed by atoms with Gasteiger partial charge in [0.2, 0.25) is 0 Å². The summed E-state index contributed by atoms with van der Waals surface area (Å²) in [6.07, 6.45) is -1.30.